The summed E-state index contributed by atoms with van der Waals surface area (Å²) < 4.78 is 45.4. The molecule has 0 unspecified atom stereocenters. The first-order valence-corrected chi connectivity index (χ1v) is 8.18. The van der Waals surface area contributed by atoms with Crippen molar-refractivity contribution in [3.05, 3.63) is 0 Å². The van der Waals surface area contributed by atoms with Crippen LogP contribution in [0, 0.1) is 0 Å². The summed E-state index contributed by atoms with van der Waals surface area (Å²) in [6.07, 6.45) is 0.270. The lowest BCUT2D eigenvalue weighted by Crippen LogP contribution is -2.20. The van der Waals surface area contributed by atoms with Gasteiger partial charge in [-0.25, -0.2) is 9.65 Å². The standard InChI is InChI=1S/C6H16F2NO3PSi/c1-11-13(10,12-2)9-5-4-6-14(3,7)8/h4-6H2,1-3H3,(H,9,10). The Hall–Kier alpha value is 0.187. The Kier molecular flexibility index (Phi) is 6.00. The highest BCUT2D eigenvalue weighted by Gasteiger charge is 2.27. The van der Waals surface area contributed by atoms with Gasteiger partial charge in [0.15, 0.2) is 0 Å². The van der Waals surface area contributed by atoms with Crippen molar-refractivity contribution in [2.75, 3.05) is 20.8 Å². The van der Waals surface area contributed by atoms with Crippen LogP contribution in [0.4, 0.5) is 8.22 Å². The molecule has 0 aromatic heterocycles. The second-order valence-corrected chi connectivity index (χ2v) is 7.63. The van der Waals surface area contributed by atoms with Crippen LogP contribution in [0.1, 0.15) is 6.42 Å². The molecule has 0 radical (unpaired) electrons. The van der Waals surface area contributed by atoms with E-state index in [1.165, 1.54) is 14.2 Å². The van der Waals surface area contributed by atoms with Gasteiger partial charge >= 0.3 is 16.5 Å². The van der Waals surface area contributed by atoms with E-state index < -0.39 is 16.5 Å². The Morgan fingerprint density at radius 1 is 1.36 bits per heavy atom. The molecule has 14 heavy (non-hydrogen) atoms. The van der Waals surface area contributed by atoms with Gasteiger partial charge in [0.25, 0.3) is 0 Å². The first-order chi connectivity index (χ1) is 6.33. The van der Waals surface area contributed by atoms with E-state index in [9.17, 15) is 12.8 Å². The highest BCUT2D eigenvalue weighted by atomic mass is 31.2. The lowest BCUT2D eigenvalue weighted by Gasteiger charge is -2.14. The predicted octanol–water partition coefficient (Wildman–Crippen LogP) is 2.38. The summed E-state index contributed by atoms with van der Waals surface area (Å²) in [5.41, 5.74) is 0. The number of hydrogen-bond acceptors (Lipinski definition) is 3. The maximum absolute atomic E-state index is 12.5. The van der Waals surface area contributed by atoms with Gasteiger partial charge in [-0.15, -0.1) is 0 Å². The van der Waals surface area contributed by atoms with Crippen molar-refractivity contribution in [2.24, 2.45) is 0 Å². The molecule has 0 atom stereocenters. The first-order valence-electron chi connectivity index (χ1n) is 4.17. The average Bonchev–Trinajstić information content (AvgIpc) is 2.11. The molecular weight excluding hydrogens is 231 g/mol. The lowest BCUT2D eigenvalue weighted by molar-refractivity contribution is 0.264. The van der Waals surface area contributed by atoms with E-state index in [1.54, 1.807) is 0 Å². The SMILES string of the molecule is COP(=O)(NCCC[Si](C)(F)F)OC. The zero-order chi connectivity index (χ0) is 11.2. The Bertz CT molecular complexity index is 204. The molecule has 0 spiro atoms. The third-order valence-corrected chi connectivity index (χ3v) is 4.38. The summed E-state index contributed by atoms with van der Waals surface area (Å²) in [4.78, 5) is 0. The molecule has 0 aromatic carbocycles. The summed E-state index contributed by atoms with van der Waals surface area (Å²) in [6.45, 7) is 1.19. The van der Waals surface area contributed by atoms with Crippen LogP contribution in [0.25, 0.3) is 0 Å². The van der Waals surface area contributed by atoms with E-state index in [1.807, 2.05) is 0 Å². The molecule has 0 fully saturated rings. The fourth-order valence-corrected chi connectivity index (χ4v) is 2.46. The maximum Gasteiger partial charge on any atom is 0.422 e. The van der Waals surface area contributed by atoms with Crippen LogP contribution in [0.5, 0.6) is 0 Å². The number of rotatable bonds is 7. The summed E-state index contributed by atoms with van der Waals surface area (Å²) in [6, 6.07) is -0.118. The van der Waals surface area contributed by atoms with Gasteiger partial charge in [-0.05, 0) is 19.0 Å². The molecule has 0 saturated heterocycles. The van der Waals surface area contributed by atoms with E-state index >= 15 is 0 Å². The third kappa shape index (κ3) is 6.61. The highest BCUT2D eigenvalue weighted by Crippen LogP contribution is 2.41. The molecule has 4 nitrogen and oxygen atoms in total. The summed E-state index contributed by atoms with van der Waals surface area (Å²) in [7, 11) is -4.75. The zero-order valence-corrected chi connectivity index (χ0v) is 10.4. The van der Waals surface area contributed by atoms with E-state index in [0.29, 0.717) is 0 Å². The minimum absolute atomic E-state index is 0.118. The molecular formula is C6H16F2NO3PSi. The van der Waals surface area contributed by atoms with Gasteiger partial charge < -0.3 is 9.05 Å². The van der Waals surface area contributed by atoms with E-state index in [2.05, 4.69) is 14.1 Å². The van der Waals surface area contributed by atoms with Crippen LogP contribution in [-0.2, 0) is 13.6 Å². The minimum Gasteiger partial charge on any atom is -0.300 e. The van der Waals surface area contributed by atoms with Gasteiger partial charge in [-0.3, -0.25) is 8.22 Å². The number of hydrogen-bond donors (Lipinski definition) is 1. The Morgan fingerprint density at radius 2 is 1.86 bits per heavy atom. The number of halogens is 2. The highest BCUT2D eigenvalue weighted by molar-refractivity contribution is 7.51. The molecule has 0 aliphatic carbocycles. The van der Waals surface area contributed by atoms with Crippen molar-refractivity contribution in [3.8, 4) is 0 Å². The molecule has 0 saturated carbocycles. The van der Waals surface area contributed by atoms with Crippen molar-refractivity contribution >= 4 is 16.5 Å². The van der Waals surface area contributed by atoms with Crippen molar-refractivity contribution in [1.82, 2.24) is 5.09 Å². The van der Waals surface area contributed by atoms with Gasteiger partial charge in [0.2, 0.25) is 0 Å². The predicted molar refractivity (Wildman–Crippen MR) is 52.9 cm³/mol. The molecule has 0 bridgehead atoms. The van der Waals surface area contributed by atoms with Crippen LogP contribution < -0.4 is 5.09 Å². The van der Waals surface area contributed by atoms with Crippen molar-refractivity contribution in [1.29, 1.82) is 0 Å². The largest absolute Gasteiger partial charge is 0.422 e. The van der Waals surface area contributed by atoms with Gasteiger partial charge in [0, 0.05) is 20.8 Å². The minimum atomic E-state index is -3.99. The fourth-order valence-electron chi connectivity index (χ4n) is 0.818. The maximum atomic E-state index is 12.5. The van der Waals surface area contributed by atoms with Gasteiger partial charge in [0.1, 0.15) is 0 Å². The van der Waals surface area contributed by atoms with Gasteiger partial charge in [-0.2, -0.15) is 0 Å². The van der Waals surface area contributed by atoms with Crippen molar-refractivity contribution < 1.29 is 21.8 Å². The Morgan fingerprint density at radius 3 is 2.21 bits per heavy atom. The van der Waals surface area contributed by atoms with Crippen LogP contribution in [0.3, 0.4) is 0 Å². The van der Waals surface area contributed by atoms with Crippen LogP contribution in [0.15, 0.2) is 0 Å². The van der Waals surface area contributed by atoms with Gasteiger partial charge in [-0.1, -0.05) is 0 Å². The summed E-state index contributed by atoms with van der Waals surface area (Å²) >= 11 is 0. The first kappa shape index (κ1) is 14.2. The summed E-state index contributed by atoms with van der Waals surface area (Å²) in [5, 5.41) is 2.47. The zero-order valence-electron chi connectivity index (χ0n) is 8.55. The topological polar surface area (TPSA) is 47.6 Å². The third-order valence-electron chi connectivity index (χ3n) is 1.58. The van der Waals surface area contributed by atoms with E-state index in [-0.39, 0.29) is 19.0 Å². The van der Waals surface area contributed by atoms with Crippen molar-refractivity contribution in [3.63, 3.8) is 0 Å². The lowest BCUT2D eigenvalue weighted by atomic mass is 10.5. The molecule has 0 aliphatic rings. The molecule has 0 aliphatic heterocycles. The molecule has 8 heteroatoms. The smallest absolute Gasteiger partial charge is 0.300 e. The molecule has 0 aromatic rings. The Labute approximate surface area is 83.9 Å². The van der Waals surface area contributed by atoms with Crippen LogP contribution in [-0.4, -0.2) is 29.5 Å². The fraction of sp³-hybridized carbons (Fsp3) is 1.00. The van der Waals surface area contributed by atoms with Crippen LogP contribution in [0.2, 0.25) is 12.6 Å². The molecule has 1 N–H and O–H groups in total. The molecule has 0 heterocycles. The molecule has 0 amide bonds. The monoisotopic (exact) mass is 247 g/mol. The van der Waals surface area contributed by atoms with E-state index in [4.69, 9.17) is 0 Å². The van der Waals surface area contributed by atoms with Crippen LogP contribution >= 0.6 is 7.75 Å². The van der Waals surface area contributed by atoms with Crippen molar-refractivity contribution in [2.45, 2.75) is 19.0 Å². The van der Waals surface area contributed by atoms with Gasteiger partial charge in [0.05, 0.1) is 0 Å². The summed E-state index contributed by atoms with van der Waals surface area (Å²) in [5.74, 6) is 0. The number of nitrogens with one attached hydrogen (secondary N) is 1. The quantitative estimate of drug-likeness (QED) is 0.325. The Balaban J connectivity index is 3.69. The second kappa shape index (κ2) is 5.92. The molecule has 0 rings (SSSR count). The average molecular weight is 247 g/mol. The molecule has 86 valence electrons. The normalized spacial score (nSPS) is 13.2. The van der Waals surface area contributed by atoms with E-state index in [0.717, 1.165) is 6.55 Å². The second-order valence-electron chi connectivity index (χ2n) is 2.94.